The van der Waals surface area contributed by atoms with Crippen molar-refractivity contribution in [2.75, 3.05) is 26.8 Å². The lowest BCUT2D eigenvalue weighted by Gasteiger charge is -2.21. The summed E-state index contributed by atoms with van der Waals surface area (Å²) < 4.78 is 12.0. The van der Waals surface area contributed by atoms with Gasteiger partial charge < -0.3 is 19.7 Å². The van der Waals surface area contributed by atoms with Crippen molar-refractivity contribution in [1.82, 2.24) is 14.5 Å². The summed E-state index contributed by atoms with van der Waals surface area (Å²) in [4.78, 5) is 28.7. The number of likely N-dealkylation sites (tertiary alicyclic amines) is 1. The minimum atomic E-state index is -1.06. The second-order valence-corrected chi connectivity index (χ2v) is 6.24. The molecule has 3 N–H and O–H groups in total. The molecule has 134 valence electrons. The molecule has 0 spiro atoms. The predicted molar refractivity (Wildman–Crippen MR) is 83.6 cm³/mol. The van der Waals surface area contributed by atoms with Crippen LogP contribution in [0.3, 0.4) is 0 Å². The lowest BCUT2D eigenvalue weighted by Crippen LogP contribution is -2.40. The standard InChI is InChI=1S/C15H23N3O6/c1-23-12-11(20)10(8-19)24-14(12)18-7-9(13(21)16-15(18)22)6-17-4-2-3-5-17/h7,10-12,14,19-20H,2-6,8H2,1H3,(H,16,21,22)/t10-,11?,12+,14-/m1/s1. The zero-order valence-corrected chi connectivity index (χ0v) is 13.6. The highest BCUT2D eigenvalue weighted by atomic mass is 16.6. The fraction of sp³-hybridized carbons (Fsp3) is 0.733. The molecule has 0 saturated carbocycles. The Hall–Kier alpha value is -1.52. The van der Waals surface area contributed by atoms with Crippen molar-refractivity contribution in [2.45, 2.75) is 43.9 Å². The van der Waals surface area contributed by atoms with Gasteiger partial charge in [-0.3, -0.25) is 19.2 Å². The Morgan fingerprint density at radius 3 is 2.71 bits per heavy atom. The maximum Gasteiger partial charge on any atom is 0.330 e. The number of hydrogen-bond acceptors (Lipinski definition) is 7. The van der Waals surface area contributed by atoms with Crippen LogP contribution in [0.2, 0.25) is 0 Å². The molecule has 3 heterocycles. The third-order valence-electron chi connectivity index (χ3n) is 4.67. The quantitative estimate of drug-likeness (QED) is 0.590. The molecule has 4 atom stereocenters. The first kappa shape index (κ1) is 17.3. The molecule has 0 bridgehead atoms. The number of aromatic nitrogens is 2. The molecule has 24 heavy (non-hydrogen) atoms. The smallest absolute Gasteiger partial charge is 0.330 e. The third-order valence-corrected chi connectivity index (χ3v) is 4.67. The van der Waals surface area contributed by atoms with Crippen LogP contribution in [0.4, 0.5) is 0 Å². The van der Waals surface area contributed by atoms with Gasteiger partial charge in [-0.15, -0.1) is 0 Å². The van der Waals surface area contributed by atoms with Crippen LogP contribution in [0.25, 0.3) is 0 Å². The number of ether oxygens (including phenoxy) is 2. The number of rotatable bonds is 5. The second-order valence-electron chi connectivity index (χ2n) is 6.24. The van der Waals surface area contributed by atoms with Gasteiger partial charge in [-0.2, -0.15) is 0 Å². The van der Waals surface area contributed by atoms with Gasteiger partial charge in [-0.25, -0.2) is 4.79 Å². The molecular weight excluding hydrogens is 318 g/mol. The molecule has 2 aliphatic rings. The highest BCUT2D eigenvalue weighted by molar-refractivity contribution is 5.06. The number of H-pyrrole nitrogens is 1. The second kappa shape index (κ2) is 7.16. The van der Waals surface area contributed by atoms with Crippen molar-refractivity contribution >= 4 is 0 Å². The van der Waals surface area contributed by atoms with E-state index in [1.807, 2.05) is 0 Å². The summed E-state index contributed by atoms with van der Waals surface area (Å²) in [6.45, 7) is 1.90. The number of hydrogen-bond donors (Lipinski definition) is 3. The van der Waals surface area contributed by atoms with E-state index in [1.54, 1.807) is 0 Å². The van der Waals surface area contributed by atoms with Gasteiger partial charge in [0.15, 0.2) is 6.23 Å². The minimum Gasteiger partial charge on any atom is -0.394 e. The van der Waals surface area contributed by atoms with Crippen LogP contribution >= 0.6 is 0 Å². The summed E-state index contributed by atoms with van der Waals surface area (Å²) in [5.74, 6) is 0. The van der Waals surface area contributed by atoms with E-state index in [9.17, 15) is 19.8 Å². The number of nitrogens with one attached hydrogen (secondary N) is 1. The van der Waals surface area contributed by atoms with Gasteiger partial charge in [0.05, 0.1) is 6.61 Å². The summed E-state index contributed by atoms with van der Waals surface area (Å²) in [5, 5.41) is 19.4. The fourth-order valence-corrected chi connectivity index (χ4v) is 3.36. The fourth-order valence-electron chi connectivity index (χ4n) is 3.36. The molecule has 3 rings (SSSR count). The summed E-state index contributed by atoms with van der Waals surface area (Å²) >= 11 is 0. The topological polar surface area (TPSA) is 117 Å². The average Bonchev–Trinajstić information content (AvgIpc) is 3.17. The van der Waals surface area contributed by atoms with Gasteiger partial charge in [-0.1, -0.05) is 0 Å². The van der Waals surface area contributed by atoms with Crippen molar-refractivity contribution in [3.05, 3.63) is 32.6 Å². The maximum atomic E-state index is 12.2. The first-order chi connectivity index (χ1) is 11.5. The summed E-state index contributed by atoms with van der Waals surface area (Å²) in [7, 11) is 1.39. The molecule has 2 saturated heterocycles. The van der Waals surface area contributed by atoms with Gasteiger partial charge in [0, 0.05) is 25.4 Å². The lowest BCUT2D eigenvalue weighted by molar-refractivity contribution is -0.0627. The molecule has 0 radical (unpaired) electrons. The summed E-state index contributed by atoms with van der Waals surface area (Å²) in [6.07, 6.45) is 0.0161. The Kier molecular flexibility index (Phi) is 5.16. The third kappa shape index (κ3) is 3.17. The van der Waals surface area contributed by atoms with Gasteiger partial charge in [-0.05, 0) is 25.9 Å². The molecule has 9 heteroatoms. The number of aliphatic hydroxyl groups is 2. The van der Waals surface area contributed by atoms with E-state index in [4.69, 9.17) is 9.47 Å². The zero-order valence-electron chi connectivity index (χ0n) is 13.6. The van der Waals surface area contributed by atoms with Crippen molar-refractivity contribution in [3.8, 4) is 0 Å². The van der Waals surface area contributed by atoms with Gasteiger partial charge in [0.25, 0.3) is 5.56 Å². The molecule has 9 nitrogen and oxygen atoms in total. The maximum absolute atomic E-state index is 12.2. The molecule has 1 unspecified atom stereocenters. The lowest BCUT2D eigenvalue weighted by atomic mass is 10.1. The largest absolute Gasteiger partial charge is 0.394 e. The highest BCUT2D eigenvalue weighted by Gasteiger charge is 2.45. The van der Waals surface area contributed by atoms with Crippen LogP contribution in [0.5, 0.6) is 0 Å². The normalized spacial score (nSPS) is 31.0. The van der Waals surface area contributed by atoms with Gasteiger partial charge >= 0.3 is 5.69 Å². The molecule has 0 aliphatic carbocycles. The SMILES string of the molecule is CO[C@H]1C(O)[C@@H](CO)O[C@H]1n1cc(CN2CCCC2)c(=O)[nH]c1=O. The minimum absolute atomic E-state index is 0.393. The van der Waals surface area contributed by atoms with Crippen LogP contribution in [0, 0.1) is 0 Å². The van der Waals surface area contributed by atoms with E-state index in [2.05, 4.69) is 9.88 Å². The number of methoxy groups -OCH3 is 1. The van der Waals surface area contributed by atoms with Crippen molar-refractivity contribution in [3.63, 3.8) is 0 Å². The molecular formula is C15H23N3O6. The number of aromatic amines is 1. The van der Waals surface area contributed by atoms with Crippen LogP contribution in [0.15, 0.2) is 15.8 Å². The Morgan fingerprint density at radius 2 is 2.08 bits per heavy atom. The van der Waals surface area contributed by atoms with Gasteiger partial charge in [0.2, 0.25) is 0 Å². The first-order valence-electron chi connectivity index (χ1n) is 8.09. The van der Waals surface area contributed by atoms with Crippen molar-refractivity contribution < 1.29 is 19.7 Å². The van der Waals surface area contributed by atoms with Crippen LogP contribution in [-0.2, 0) is 16.0 Å². The monoisotopic (exact) mass is 341 g/mol. The Balaban J connectivity index is 1.92. The molecule has 2 fully saturated rings. The van der Waals surface area contributed by atoms with Crippen molar-refractivity contribution in [1.29, 1.82) is 0 Å². The van der Waals surface area contributed by atoms with E-state index in [-0.39, 0.29) is 0 Å². The average molecular weight is 341 g/mol. The Bertz CT molecular complexity index is 681. The van der Waals surface area contributed by atoms with E-state index in [0.717, 1.165) is 25.9 Å². The molecule has 1 aromatic heterocycles. The summed E-state index contributed by atoms with van der Waals surface area (Å²) in [5.41, 5.74) is -0.603. The molecule has 0 aromatic carbocycles. The molecule has 1 aromatic rings. The van der Waals surface area contributed by atoms with Crippen molar-refractivity contribution in [2.24, 2.45) is 0 Å². The van der Waals surface area contributed by atoms with Gasteiger partial charge in [0.1, 0.15) is 18.3 Å². The first-order valence-corrected chi connectivity index (χ1v) is 8.09. The predicted octanol–water partition coefficient (Wildman–Crippen LogP) is -1.60. The Labute approximate surface area is 138 Å². The van der Waals surface area contributed by atoms with Crippen LogP contribution in [-0.4, -0.2) is 69.8 Å². The van der Waals surface area contributed by atoms with E-state index >= 15 is 0 Å². The zero-order chi connectivity index (χ0) is 17.3. The summed E-state index contributed by atoms with van der Waals surface area (Å²) in [6, 6.07) is 0. The number of nitrogens with zero attached hydrogens (tertiary/aromatic N) is 2. The highest BCUT2D eigenvalue weighted by Crippen LogP contribution is 2.30. The molecule has 0 amide bonds. The van der Waals surface area contributed by atoms with Crippen LogP contribution < -0.4 is 11.2 Å². The van der Waals surface area contributed by atoms with E-state index in [1.165, 1.54) is 17.9 Å². The van der Waals surface area contributed by atoms with E-state index in [0.29, 0.717) is 12.1 Å². The van der Waals surface area contributed by atoms with Crippen LogP contribution in [0.1, 0.15) is 24.6 Å². The Morgan fingerprint density at radius 1 is 1.38 bits per heavy atom. The van der Waals surface area contributed by atoms with E-state index < -0.39 is 42.4 Å². The molecule has 2 aliphatic heterocycles. The number of aliphatic hydroxyl groups excluding tert-OH is 2.